The van der Waals surface area contributed by atoms with Gasteiger partial charge in [0.05, 0.1) is 11.3 Å². The lowest BCUT2D eigenvalue weighted by molar-refractivity contribution is -0.118. The number of nitrogens with zero attached hydrogens (tertiary/aromatic N) is 3. The zero-order chi connectivity index (χ0) is 19.6. The highest BCUT2D eigenvalue weighted by atomic mass is 32.2. The summed E-state index contributed by atoms with van der Waals surface area (Å²) in [7, 11) is 0. The second kappa shape index (κ2) is 7.63. The third-order valence-corrected chi connectivity index (χ3v) is 5.92. The van der Waals surface area contributed by atoms with E-state index in [1.54, 1.807) is 18.2 Å². The molecule has 0 bridgehead atoms. The van der Waals surface area contributed by atoms with E-state index in [2.05, 4.69) is 27.6 Å². The Labute approximate surface area is 166 Å². The average molecular weight is 397 g/mol. The molecule has 0 radical (unpaired) electrons. The van der Waals surface area contributed by atoms with Crippen molar-refractivity contribution in [1.29, 1.82) is 0 Å². The number of carbonyl (C=O) groups is 1. The van der Waals surface area contributed by atoms with Gasteiger partial charge in [0.15, 0.2) is 5.82 Å². The summed E-state index contributed by atoms with van der Waals surface area (Å²) >= 11 is 1.17. The van der Waals surface area contributed by atoms with E-state index in [4.69, 9.17) is 5.84 Å². The highest BCUT2D eigenvalue weighted by Gasteiger charge is 2.44. The van der Waals surface area contributed by atoms with Gasteiger partial charge in [-0.2, -0.15) is 0 Å². The van der Waals surface area contributed by atoms with Crippen LogP contribution in [0.4, 0.5) is 4.39 Å². The maximum Gasteiger partial charge on any atom is 0.230 e. The molecule has 2 aromatic carbocycles. The first-order valence-electron chi connectivity index (χ1n) is 8.99. The van der Waals surface area contributed by atoms with Crippen molar-refractivity contribution in [1.82, 2.24) is 20.2 Å². The van der Waals surface area contributed by atoms with Gasteiger partial charge in [0, 0.05) is 12.0 Å². The van der Waals surface area contributed by atoms with Gasteiger partial charge in [0.2, 0.25) is 11.1 Å². The summed E-state index contributed by atoms with van der Waals surface area (Å²) in [6, 6.07) is 16.5. The Balaban J connectivity index is 1.34. The fourth-order valence-electron chi connectivity index (χ4n) is 3.16. The Hall–Kier alpha value is -2.87. The average Bonchev–Trinajstić information content (AvgIpc) is 3.43. The minimum atomic E-state index is -0.425. The maximum absolute atomic E-state index is 13.9. The van der Waals surface area contributed by atoms with Crippen LogP contribution < -0.4 is 11.2 Å². The van der Waals surface area contributed by atoms with E-state index < -0.39 is 5.82 Å². The van der Waals surface area contributed by atoms with E-state index in [1.165, 1.54) is 28.1 Å². The molecule has 4 rings (SSSR count). The number of aromatic nitrogens is 3. The molecule has 0 aliphatic heterocycles. The van der Waals surface area contributed by atoms with Gasteiger partial charge in [0.25, 0.3) is 0 Å². The number of rotatable bonds is 7. The smallest absolute Gasteiger partial charge is 0.230 e. The minimum Gasteiger partial charge on any atom is -0.354 e. The van der Waals surface area contributed by atoms with Crippen molar-refractivity contribution in [3.8, 4) is 11.4 Å². The van der Waals surface area contributed by atoms with Crippen LogP contribution in [0.15, 0.2) is 59.8 Å². The number of hydrogen-bond acceptors (Lipinski definition) is 5. The lowest BCUT2D eigenvalue weighted by Crippen LogP contribution is -2.33. The normalized spacial score (nSPS) is 14.6. The van der Waals surface area contributed by atoms with Crippen LogP contribution in [-0.4, -0.2) is 33.1 Å². The summed E-state index contributed by atoms with van der Waals surface area (Å²) < 4.78 is 15.1. The molecule has 0 saturated heterocycles. The van der Waals surface area contributed by atoms with Crippen LogP contribution >= 0.6 is 11.8 Å². The molecular formula is C20H20FN5OS. The largest absolute Gasteiger partial charge is 0.354 e. The number of hydrogen-bond donors (Lipinski definition) is 2. The van der Waals surface area contributed by atoms with Gasteiger partial charge >= 0.3 is 0 Å². The first-order chi connectivity index (χ1) is 13.6. The molecule has 1 amide bonds. The summed E-state index contributed by atoms with van der Waals surface area (Å²) in [4.78, 5) is 12.3. The lowest BCUT2D eigenvalue weighted by atomic mass is 9.96. The molecule has 1 aliphatic rings. The third kappa shape index (κ3) is 3.73. The molecule has 144 valence electrons. The highest BCUT2D eigenvalue weighted by Crippen LogP contribution is 2.47. The van der Waals surface area contributed by atoms with E-state index in [1.807, 2.05) is 18.2 Å². The molecule has 1 aromatic heterocycles. The molecule has 1 saturated carbocycles. The predicted octanol–water partition coefficient (Wildman–Crippen LogP) is 2.74. The van der Waals surface area contributed by atoms with Crippen molar-refractivity contribution in [3.63, 3.8) is 0 Å². The fraction of sp³-hybridized carbons (Fsp3) is 0.250. The van der Waals surface area contributed by atoms with Crippen molar-refractivity contribution >= 4 is 17.7 Å². The number of carbonyl (C=O) groups excluding carboxylic acids is 1. The van der Waals surface area contributed by atoms with Crippen LogP contribution in [0.2, 0.25) is 0 Å². The molecule has 0 spiro atoms. The van der Waals surface area contributed by atoms with E-state index in [-0.39, 0.29) is 28.5 Å². The quantitative estimate of drug-likeness (QED) is 0.473. The first-order valence-corrected chi connectivity index (χ1v) is 9.98. The summed E-state index contributed by atoms with van der Waals surface area (Å²) in [6.45, 7) is 0.617. The Morgan fingerprint density at radius 3 is 2.57 bits per heavy atom. The van der Waals surface area contributed by atoms with Gasteiger partial charge in [-0.05, 0) is 30.5 Å². The summed E-state index contributed by atoms with van der Waals surface area (Å²) in [6.07, 6.45) is 2.15. The SMILES string of the molecule is Nn1c(SCC(=O)NCC2(c3ccccc3)CC2)nnc1-c1ccccc1F. The third-order valence-electron chi connectivity index (χ3n) is 4.98. The number of nitrogen functional groups attached to an aromatic ring is 1. The lowest BCUT2D eigenvalue weighted by Gasteiger charge is -2.16. The molecule has 28 heavy (non-hydrogen) atoms. The Bertz CT molecular complexity index is 987. The standard InChI is InChI=1S/C20H20FN5OS/c21-16-9-5-4-8-15(16)18-24-25-19(26(18)22)28-12-17(27)23-13-20(10-11-20)14-6-2-1-3-7-14/h1-9H,10-13,22H2,(H,23,27). The molecule has 3 aromatic rings. The van der Waals surface area contributed by atoms with Crippen molar-refractivity contribution < 1.29 is 9.18 Å². The van der Waals surface area contributed by atoms with E-state index >= 15 is 0 Å². The Morgan fingerprint density at radius 1 is 1.14 bits per heavy atom. The van der Waals surface area contributed by atoms with Crippen molar-refractivity contribution in [2.75, 3.05) is 18.1 Å². The zero-order valence-electron chi connectivity index (χ0n) is 15.1. The van der Waals surface area contributed by atoms with Crippen molar-refractivity contribution in [3.05, 3.63) is 66.0 Å². The number of nitrogens with one attached hydrogen (secondary N) is 1. The summed E-state index contributed by atoms with van der Waals surface area (Å²) in [5, 5.41) is 11.3. The number of halogens is 1. The van der Waals surface area contributed by atoms with Crippen LogP contribution in [0.25, 0.3) is 11.4 Å². The van der Waals surface area contributed by atoms with Gasteiger partial charge in [-0.25, -0.2) is 9.07 Å². The number of benzene rings is 2. The van der Waals surface area contributed by atoms with Crippen LogP contribution in [0.1, 0.15) is 18.4 Å². The van der Waals surface area contributed by atoms with E-state index in [9.17, 15) is 9.18 Å². The van der Waals surface area contributed by atoms with Gasteiger partial charge in [-0.15, -0.1) is 10.2 Å². The second-order valence-electron chi connectivity index (χ2n) is 6.87. The van der Waals surface area contributed by atoms with E-state index in [0.717, 1.165) is 12.8 Å². The molecule has 1 aliphatic carbocycles. The zero-order valence-corrected chi connectivity index (χ0v) is 16.0. The highest BCUT2D eigenvalue weighted by molar-refractivity contribution is 7.99. The molecule has 0 atom stereocenters. The van der Waals surface area contributed by atoms with Gasteiger partial charge in [0.1, 0.15) is 5.82 Å². The molecule has 1 heterocycles. The predicted molar refractivity (Wildman–Crippen MR) is 107 cm³/mol. The van der Waals surface area contributed by atoms with Gasteiger partial charge in [-0.1, -0.05) is 54.2 Å². The molecular weight excluding hydrogens is 377 g/mol. The summed E-state index contributed by atoms with van der Waals surface area (Å²) in [5.74, 6) is 5.86. The number of amides is 1. The van der Waals surface area contributed by atoms with Crippen molar-refractivity contribution in [2.24, 2.45) is 0 Å². The van der Waals surface area contributed by atoms with Crippen LogP contribution in [0.5, 0.6) is 0 Å². The number of nitrogens with two attached hydrogens (primary N) is 1. The molecule has 8 heteroatoms. The van der Waals surface area contributed by atoms with Crippen LogP contribution in [0.3, 0.4) is 0 Å². The van der Waals surface area contributed by atoms with Gasteiger partial charge in [-0.3, -0.25) is 4.79 Å². The maximum atomic E-state index is 13.9. The Kier molecular flexibility index (Phi) is 5.04. The topological polar surface area (TPSA) is 85.8 Å². The van der Waals surface area contributed by atoms with Gasteiger partial charge < -0.3 is 11.2 Å². The number of thioether (sulfide) groups is 1. The molecule has 1 fully saturated rings. The molecule has 0 unspecified atom stereocenters. The van der Waals surface area contributed by atoms with Crippen molar-refractivity contribution in [2.45, 2.75) is 23.4 Å². The fourth-order valence-corrected chi connectivity index (χ4v) is 3.85. The first kappa shape index (κ1) is 18.5. The second-order valence-corrected chi connectivity index (χ2v) is 7.81. The van der Waals surface area contributed by atoms with Crippen LogP contribution in [-0.2, 0) is 10.2 Å². The van der Waals surface area contributed by atoms with Crippen LogP contribution in [0, 0.1) is 5.82 Å². The van der Waals surface area contributed by atoms with E-state index in [0.29, 0.717) is 11.7 Å². The minimum absolute atomic E-state index is 0.0630. The Morgan fingerprint density at radius 2 is 1.86 bits per heavy atom. The monoisotopic (exact) mass is 397 g/mol. The molecule has 3 N–H and O–H groups in total. The molecule has 6 nitrogen and oxygen atoms in total. The summed E-state index contributed by atoms with van der Waals surface area (Å²) in [5.41, 5.74) is 1.60.